The summed E-state index contributed by atoms with van der Waals surface area (Å²) in [6.07, 6.45) is 1.68. The van der Waals surface area contributed by atoms with Gasteiger partial charge < -0.3 is 5.32 Å². The molecule has 0 aliphatic rings. The number of hydrogen-bond acceptors (Lipinski definition) is 3. The number of nitrogens with zero attached hydrogens (tertiary/aromatic N) is 2. The summed E-state index contributed by atoms with van der Waals surface area (Å²) in [5.41, 5.74) is 1.38. The average molecular weight is 253 g/mol. The fourth-order valence-corrected chi connectivity index (χ4v) is 1.93. The second-order valence-corrected chi connectivity index (χ2v) is 4.72. The van der Waals surface area contributed by atoms with Crippen LogP contribution in [0.25, 0.3) is 10.9 Å². The van der Waals surface area contributed by atoms with E-state index >= 15 is 0 Å². The third-order valence-electron chi connectivity index (χ3n) is 2.98. The monoisotopic (exact) mass is 253 g/mol. The molecule has 0 saturated carbocycles. The van der Waals surface area contributed by atoms with Crippen LogP contribution in [0.5, 0.6) is 0 Å². The highest BCUT2D eigenvalue weighted by Crippen LogP contribution is 2.22. The maximum Gasteiger partial charge on any atom is 0.242 e. The highest BCUT2D eigenvalue weighted by molar-refractivity contribution is 6.01. The summed E-state index contributed by atoms with van der Waals surface area (Å²) >= 11 is 0. The van der Waals surface area contributed by atoms with Crippen LogP contribution in [0, 0.1) is 23.2 Å². The second-order valence-electron chi connectivity index (χ2n) is 4.72. The predicted octanol–water partition coefficient (Wildman–Crippen LogP) is 2.97. The zero-order chi connectivity index (χ0) is 13.8. The maximum absolute atomic E-state index is 12.1. The Bertz CT molecular complexity index is 638. The molecule has 0 fully saturated rings. The molecule has 1 N–H and O–H groups in total. The zero-order valence-electron chi connectivity index (χ0n) is 10.9. The third kappa shape index (κ3) is 2.71. The highest BCUT2D eigenvalue weighted by Gasteiger charge is 2.22. The number of nitriles is 1. The molecule has 1 heterocycles. The van der Waals surface area contributed by atoms with E-state index in [1.54, 1.807) is 12.3 Å². The Morgan fingerprint density at radius 3 is 2.74 bits per heavy atom. The lowest BCUT2D eigenvalue weighted by Gasteiger charge is -2.14. The Hall–Kier alpha value is -2.41. The van der Waals surface area contributed by atoms with Crippen LogP contribution in [0.3, 0.4) is 0 Å². The van der Waals surface area contributed by atoms with E-state index in [9.17, 15) is 4.79 Å². The Labute approximate surface area is 112 Å². The molecule has 1 amide bonds. The van der Waals surface area contributed by atoms with Crippen LogP contribution in [0.4, 0.5) is 5.69 Å². The van der Waals surface area contributed by atoms with Crippen molar-refractivity contribution < 1.29 is 4.79 Å². The molecule has 1 aromatic carbocycles. The van der Waals surface area contributed by atoms with Gasteiger partial charge in [0.25, 0.3) is 0 Å². The number of hydrogen-bond donors (Lipinski definition) is 1. The molecule has 0 aliphatic carbocycles. The van der Waals surface area contributed by atoms with Crippen LogP contribution >= 0.6 is 0 Å². The number of nitrogens with one attached hydrogen (secondary N) is 1. The van der Waals surface area contributed by atoms with E-state index in [1.807, 2.05) is 44.2 Å². The largest absolute Gasteiger partial charge is 0.323 e. The SMILES string of the molecule is CC(C)C(C#N)C(=O)Nc1cccc2cccnc12. The van der Waals surface area contributed by atoms with Gasteiger partial charge in [-0.15, -0.1) is 0 Å². The number of benzene rings is 1. The topological polar surface area (TPSA) is 65.8 Å². The molecule has 2 rings (SSSR count). The average Bonchev–Trinajstić information content (AvgIpc) is 2.39. The van der Waals surface area contributed by atoms with Gasteiger partial charge in [0.2, 0.25) is 5.91 Å². The number of pyridine rings is 1. The summed E-state index contributed by atoms with van der Waals surface area (Å²) in [5, 5.41) is 12.8. The Kier molecular flexibility index (Phi) is 3.76. The molecule has 1 unspecified atom stereocenters. The van der Waals surface area contributed by atoms with E-state index in [2.05, 4.69) is 10.3 Å². The van der Waals surface area contributed by atoms with Gasteiger partial charge in [0.1, 0.15) is 5.92 Å². The molecular formula is C15H15N3O. The molecule has 2 aromatic rings. The maximum atomic E-state index is 12.1. The van der Waals surface area contributed by atoms with Crippen LogP contribution in [-0.2, 0) is 4.79 Å². The Morgan fingerprint density at radius 2 is 2.05 bits per heavy atom. The summed E-state index contributed by atoms with van der Waals surface area (Å²) in [4.78, 5) is 16.3. The number of para-hydroxylation sites is 1. The van der Waals surface area contributed by atoms with Crippen LogP contribution in [0.2, 0.25) is 0 Å². The summed E-state index contributed by atoms with van der Waals surface area (Å²) in [7, 11) is 0. The first-order valence-corrected chi connectivity index (χ1v) is 6.17. The number of anilines is 1. The van der Waals surface area contributed by atoms with Crippen molar-refractivity contribution in [3.63, 3.8) is 0 Å². The van der Waals surface area contributed by atoms with Crippen molar-refractivity contribution >= 4 is 22.5 Å². The van der Waals surface area contributed by atoms with Crippen molar-refractivity contribution in [1.82, 2.24) is 4.98 Å². The fourth-order valence-electron chi connectivity index (χ4n) is 1.93. The van der Waals surface area contributed by atoms with Crippen LogP contribution in [0.15, 0.2) is 36.5 Å². The highest BCUT2D eigenvalue weighted by atomic mass is 16.1. The van der Waals surface area contributed by atoms with Crippen molar-refractivity contribution in [2.24, 2.45) is 11.8 Å². The molecule has 19 heavy (non-hydrogen) atoms. The Morgan fingerprint density at radius 1 is 1.32 bits per heavy atom. The number of fused-ring (bicyclic) bond motifs is 1. The number of amides is 1. The lowest BCUT2D eigenvalue weighted by Crippen LogP contribution is -2.25. The van der Waals surface area contributed by atoms with Crippen molar-refractivity contribution in [2.45, 2.75) is 13.8 Å². The molecule has 96 valence electrons. The van der Waals surface area contributed by atoms with Crippen molar-refractivity contribution in [3.05, 3.63) is 36.5 Å². The number of rotatable bonds is 3. The molecular weight excluding hydrogens is 238 g/mol. The van der Waals surface area contributed by atoms with Gasteiger partial charge in [0.05, 0.1) is 17.3 Å². The van der Waals surface area contributed by atoms with Gasteiger partial charge in [-0.3, -0.25) is 9.78 Å². The number of carbonyl (C=O) groups excluding carboxylic acids is 1. The zero-order valence-corrected chi connectivity index (χ0v) is 10.9. The molecule has 0 radical (unpaired) electrons. The van der Waals surface area contributed by atoms with Gasteiger partial charge in [-0.1, -0.05) is 32.0 Å². The van der Waals surface area contributed by atoms with E-state index in [1.165, 1.54) is 0 Å². The quantitative estimate of drug-likeness (QED) is 0.914. The number of aromatic nitrogens is 1. The summed E-state index contributed by atoms with van der Waals surface area (Å²) in [6, 6.07) is 11.4. The van der Waals surface area contributed by atoms with Gasteiger partial charge in [-0.2, -0.15) is 5.26 Å². The Balaban J connectivity index is 2.32. The molecule has 0 aliphatic heterocycles. The molecule has 0 saturated heterocycles. The summed E-state index contributed by atoms with van der Waals surface area (Å²) in [5.74, 6) is -0.956. The van der Waals surface area contributed by atoms with E-state index in [0.29, 0.717) is 5.69 Å². The van der Waals surface area contributed by atoms with Gasteiger partial charge in [-0.05, 0) is 18.1 Å². The first-order chi connectivity index (χ1) is 9.13. The second kappa shape index (κ2) is 5.49. The minimum Gasteiger partial charge on any atom is -0.323 e. The van der Waals surface area contributed by atoms with Gasteiger partial charge in [0.15, 0.2) is 0 Å². The molecule has 4 heteroatoms. The standard InChI is InChI=1S/C15H15N3O/c1-10(2)12(9-16)15(19)18-13-7-3-5-11-6-4-8-17-14(11)13/h3-8,10,12H,1-2H3,(H,18,19). The van der Waals surface area contributed by atoms with E-state index in [0.717, 1.165) is 10.9 Å². The molecule has 1 atom stereocenters. The van der Waals surface area contributed by atoms with Crippen molar-refractivity contribution in [1.29, 1.82) is 5.26 Å². The van der Waals surface area contributed by atoms with Crippen LogP contribution < -0.4 is 5.32 Å². The fraction of sp³-hybridized carbons (Fsp3) is 0.267. The number of carbonyl (C=O) groups is 1. The van der Waals surface area contributed by atoms with Gasteiger partial charge in [0, 0.05) is 11.6 Å². The van der Waals surface area contributed by atoms with E-state index in [4.69, 9.17) is 5.26 Å². The molecule has 4 nitrogen and oxygen atoms in total. The van der Waals surface area contributed by atoms with Crippen LogP contribution in [-0.4, -0.2) is 10.9 Å². The van der Waals surface area contributed by atoms with E-state index in [-0.39, 0.29) is 11.8 Å². The first kappa shape index (κ1) is 13.0. The lowest BCUT2D eigenvalue weighted by molar-refractivity contribution is -0.119. The van der Waals surface area contributed by atoms with Gasteiger partial charge >= 0.3 is 0 Å². The molecule has 0 bridgehead atoms. The molecule has 0 spiro atoms. The van der Waals surface area contributed by atoms with Crippen LogP contribution in [0.1, 0.15) is 13.8 Å². The van der Waals surface area contributed by atoms with Gasteiger partial charge in [-0.25, -0.2) is 0 Å². The minimum absolute atomic E-state index is 0.0204. The van der Waals surface area contributed by atoms with Crippen molar-refractivity contribution in [2.75, 3.05) is 5.32 Å². The predicted molar refractivity (Wildman–Crippen MR) is 74.3 cm³/mol. The first-order valence-electron chi connectivity index (χ1n) is 6.17. The smallest absolute Gasteiger partial charge is 0.242 e. The lowest BCUT2D eigenvalue weighted by atomic mass is 9.96. The van der Waals surface area contributed by atoms with E-state index < -0.39 is 5.92 Å². The molecule has 1 aromatic heterocycles. The van der Waals surface area contributed by atoms with Crippen molar-refractivity contribution in [3.8, 4) is 6.07 Å². The third-order valence-corrected chi connectivity index (χ3v) is 2.98. The summed E-state index contributed by atoms with van der Waals surface area (Å²) < 4.78 is 0. The summed E-state index contributed by atoms with van der Waals surface area (Å²) in [6.45, 7) is 3.71. The normalized spacial score (nSPS) is 12.1. The minimum atomic E-state index is -0.654.